The van der Waals surface area contributed by atoms with E-state index in [0.29, 0.717) is 19.4 Å². The fourth-order valence-corrected chi connectivity index (χ4v) is 2.94. The molecule has 0 saturated carbocycles. The number of hydrogen-bond donors (Lipinski definition) is 1. The SMILES string of the molecule is CCCC1(C(=O)O)CCN(C(=O)Cc2ccc(F)cc2)C1. The van der Waals surface area contributed by atoms with E-state index >= 15 is 0 Å². The van der Waals surface area contributed by atoms with Gasteiger partial charge in [0.05, 0.1) is 11.8 Å². The number of aliphatic carboxylic acids is 1. The number of rotatable bonds is 5. The minimum absolute atomic E-state index is 0.0964. The zero-order chi connectivity index (χ0) is 15.5. The van der Waals surface area contributed by atoms with Crippen molar-refractivity contribution in [2.24, 2.45) is 5.41 Å². The minimum Gasteiger partial charge on any atom is -0.481 e. The summed E-state index contributed by atoms with van der Waals surface area (Å²) in [5.74, 6) is -1.25. The lowest BCUT2D eigenvalue weighted by molar-refractivity contribution is -0.149. The van der Waals surface area contributed by atoms with E-state index in [1.807, 2.05) is 6.92 Å². The predicted octanol–water partition coefficient (Wildman–Crippen LogP) is 2.47. The van der Waals surface area contributed by atoms with Crippen molar-refractivity contribution in [3.8, 4) is 0 Å². The Labute approximate surface area is 123 Å². The topological polar surface area (TPSA) is 57.6 Å². The second-order valence-corrected chi connectivity index (χ2v) is 5.70. The van der Waals surface area contributed by atoms with Crippen molar-refractivity contribution in [1.29, 1.82) is 0 Å². The Balaban J connectivity index is 2.01. The number of likely N-dealkylation sites (tertiary alicyclic amines) is 1. The van der Waals surface area contributed by atoms with Crippen molar-refractivity contribution in [3.63, 3.8) is 0 Å². The molecule has 4 nitrogen and oxygen atoms in total. The number of amides is 1. The number of benzene rings is 1. The molecule has 0 radical (unpaired) electrons. The summed E-state index contributed by atoms with van der Waals surface area (Å²) in [5, 5.41) is 9.44. The van der Waals surface area contributed by atoms with Crippen LogP contribution in [0.4, 0.5) is 4.39 Å². The Hall–Kier alpha value is -1.91. The van der Waals surface area contributed by atoms with Crippen molar-refractivity contribution in [2.45, 2.75) is 32.6 Å². The lowest BCUT2D eigenvalue weighted by Crippen LogP contribution is -2.37. The van der Waals surface area contributed by atoms with Gasteiger partial charge >= 0.3 is 5.97 Å². The summed E-state index contributed by atoms with van der Waals surface area (Å²) in [6, 6.07) is 5.82. The number of hydrogen-bond acceptors (Lipinski definition) is 2. The van der Waals surface area contributed by atoms with Crippen LogP contribution in [0.2, 0.25) is 0 Å². The molecule has 1 fully saturated rings. The number of carbonyl (C=O) groups excluding carboxylic acids is 1. The average molecular weight is 293 g/mol. The standard InChI is InChI=1S/C16H20FNO3/c1-2-7-16(15(20)21)8-9-18(11-16)14(19)10-12-3-5-13(17)6-4-12/h3-6H,2,7-11H2,1H3,(H,20,21). The molecule has 1 N–H and O–H groups in total. The Kier molecular flexibility index (Phi) is 4.60. The fraction of sp³-hybridized carbons (Fsp3) is 0.500. The second-order valence-electron chi connectivity index (χ2n) is 5.70. The first kappa shape index (κ1) is 15.5. The van der Waals surface area contributed by atoms with Gasteiger partial charge in [-0.3, -0.25) is 9.59 Å². The Morgan fingerprint density at radius 2 is 2.00 bits per heavy atom. The summed E-state index contributed by atoms with van der Waals surface area (Å²) in [4.78, 5) is 25.4. The van der Waals surface area contributed by atoms with E-state index < -0.39 is 11.4 Å². The second kappa shape index (κ2) is 6.24. The van der Waals surface area contributed by atoms with E-state index in [0.717, 1.165) is 12.0 Å². The van der Waals surface area contributed by atoms with Gasteiger partial charge in [-0.2, -0.15) is 0 Å². The maximum atomic E-state index is 12.8. The highest BCUT2D eigenvalue weighted by molar-refractivity contribution is 5.82. The summed E-state index contributed by atoms with van der Waals surface area (Å²) in [5.41, 5.74) is -0.0579. The highest BCUT2D eigenvalue weighted by Gasteiger charge is 2.45. The summed E-state index contributed by atoms with van der Waals surface area (Å²) < 4.78 is 12.8. The van der Waals surface area contributed by atoms with Gasteiger partial charge in [0.25, 0.3) is 0 Å². The van der Waals surface area contributed by atoms with E-state index in [4.69, 9.17) is 0 Å². The minimum atomic E-state index is -0.818. The smallest absolute Gasteiger partial charge is 0.311 e. The van der Waals surface area contributed by atoms with Crippen LogP contribution in [0.1, 0.15) is 31.7 Å². The molecule has 2 rings (SSSR count). The van der Waals surface area contributed by atoms with E-state index in [-0.39, 0.29) is 24.7 Å². The largest absolute Gasteiger partial charge is 0.481 e. The van der Waals surface area contributed by atoms with Gasteiger partial charge in [-0.25, -0.2) is 4.39 Å². The predicted molar refractivity (Wildman–Crippen MR) is 76.3 cm³/mol. The zero-order valence-corrected chi connectivity index (χ0v) is 12.1. The normalized spacial score (nSPS) is 21.5. The molecule has 1 aliphatic rings. The Morgan fingerprint density at radius 3 is 2.57 bits per heavy atom. The van der Waals surface area contributed by atoms with Gasteiger partial charge in [0.2, 0.25) is 5.91 Å². The van der Waals surface area contributed by atoms with Gasteiger partial charge in [-0.15, -0.1) is 0 Å². The van der Waals surface area contributed by atoms with E-state index in [2.05, 4.69) is 0 Å². The van der Waals surface area contributed by atoms with Gasteiger partial charge < -0.3 is 10.0 Å². The summed E-state index contributed by atoms with van der Waals surface area (Å²) in [6.07, 6.45) is 2.06. The lowest BCUT2D eigenvalue weighted by Gasteiger charge is -2.24. The first-order valence-electron chi connectivity index (χ1n) is 7.22. The molecule has 0 aromatic heterocycles. The number of nitrogens with zero attached hydrogens (tertiary/aromatic N) is 1. The van der Waals surface area contributed by atoms with Crippen LogP contribution in [0.3, 0.4) is 0 Å². The molecule has 5 heteroatoms. The van der Waals surface area contributed by atoms with Crippen LogP contribution in [0.15, 0.2) is 24.3 Å². The molecule has 1 heterocycles. The van der Waals surface area contributed by atoms with Gasteiger partial charge in [0, 0.05) is 13.1 Å². The molecule has 1 aromatic carbocycles. The third-order valence-electron chi connectivity index (χ3n) is 4.16. The number of carbonyl (C=O) groups is 2. The molecule has 0 aliphatic carbocycles. The molecular weight excluding hydrogens is 273 g/mol. The molecule has 1 atom stereocenters. The first-order chi connectivity index (χ1) is 9.97. The van der Waals surface area contributed by atoms with Crippen LogP contribution in [-0.4, -0.2) is 35.0 Å². The third kappa shape index (κ3) is 3.40. The molecule has 114 valence electrons. The lowest BCUT2D eigenvalue weighted by atomic mass is 9.83. The molecule has 0 spiro atoms. The van der Waals surface area contributed by atoms with Crippen molar-refractivity contribution < 1.29 is 19.1 Å². The monoisotopic (exact) mass is 293 g/mol. The van der Waals surface area contributed by atoms with Gasteiger partial charge in [-0.05, 0) is 30.5 Å². The van der Waals surface area contributed by atoms with Crippen LogP contribution in [-0.2, 0) is 16.0 Å². The van der Waals surface area contributed by atoms with Crippen LogP contribution < -0.4 is 0 Å². The number of carboxylic acids is 1. The molecule has 1 unspecified atom stereocenters. The van der Waals surface area contributed by atoms with E-state index in [1.165, 1.54) is 12.1 Å². The van der Waals surface area contributed by atoms with Crippen LogP contribution in [0.5, 0.6) is 0 Å². The molecule has 1 aliphatic heterocycles. The summed E-state index contributed by atoms with van der Waals surface area (Å²) in [7, 11) is 0. The fourth-order valence-electron chi connectivity index (χ4n) is 2.94. The molecule has 1 amide bonds. The zero-order valence-electron chi connectivity index (χ0n) is 12.1. The van der Waals surface area contributed by atoms with Gasteiger partial charge in [0.1, 0.15) is 5.82 Å². The summed E-state index contributed by atoms with van der Waals surface area (Å²) in [6.45, 7) is 2.70. The molecule has 0 bridgehead atoms. The number of halogens is 1. The molecule has 21 heavy (non-hydrogen) atoms. The average Bonchev–Trinajstić information content (AvgIpc) is 2.88. The third-order valence-corrected chi connectivity index (χ3v) is 4.16. The maximum Gasteiger partial charge on any atom is 0.311 e. The van der Waals surface area contributed by atoms with E-state index in [1.54, 1.807) is 17.0 Å². The van der Waals surface area contributed by atoms with Crippen LogP contribution in [0.25, 0.3) is 0 Å². The summed E-state index contributed by atoms with van der Waals surface area (Å²) >= 11 is 0. The van der Waals surface area contributed by atoms with Gasteiger partial charge in [0.15, 0.2) is 0 Å². The maximum absolute atomic E-state index is 12.8. The number of carboxylic acid groups (broad SMARTS) is 1. The van der Waals surface area contributed by atoms with Gasteiger partial charge in [-0.1, -0.05) is 25.5 Å². The van der Waals surface area contributed by atoms with Crippen LogP contribution >= 0.6 is 0 Å². The quantitative estimate of drug-likeness (QED) is 0.907. The molecular formula is C16H20FNO3. The van der Waals surface area contributed by atoms with Crippen molar-refractivity contribution in [2.75, 3.05) is 13.1 Å². The Morgan fingerprint density at radius 1 is 1.33 bits per heavy atom. The molecule has 1 saturated heterocycles. The Bertz CT molecular complexity index is 529. The highest BCUT2D eigenvalue weighted by Crippen LogP contribution is 2.35. The van der Waals surface area contributed by atoms with Crippen molar-refractivity contribution in [3.05, 3.63) is 35.6 Å². The van der Waals surface area contributed by atoms with E-state index in [9.17, 15) is 19.1 Å². The molecule has 1 aromatic rings. The highest BCUT2D eigenvalue weighted by atomic mass is 19.1. The van der Waals surface area contributed by atoms with Crippen molar-refractivity contribution in [1.82, 2.24) is 4.90 Å². The van der Waals surface area contributed by atoms with Crippen molar-refractivity contribution >= 4 is 11.9 Å². The first-order valence-corrected chi connectivity index (χ1v) is 7.22. The van der Waals surface area contributed by atoms with Crippen LogP contribution in [0, 0.1) is 11.2 Å².